The van der Waals surface area contributed by atoms with Crippen molar-refractivity contribution in [3.8, 4) is 18.1 Å². The second kappa shape index (κ2) is 8.50. The third-order valence-electron chi connectivity index (χ3n) is 3.59. The summed E-state index contributed by atoms with van der Waals surface area (Å²) in [6, 6.07) is 9.68. The van der Waals surface area contributed by atoms with Crippen molar-refractivity contribution in [1.82, 2.24) is 5.32 Å². The lowest BCUT2D eigenvalue weighted by molar-refractivity contribution is -0.113. The molecule has 0 aromatic heterocycles. The van der Waals surface area contributed by atoms with Gasteiger partial charge in [0, 0.05) is 5.02 Å². The highest BCUT2D eigenvalue weighted by Gasteiger charge is 2.34. The van der Waals surface area contributed by atoms with Crippen LogP contribution in [0.2, 0.25) is 5.02 Å². The molecule has 27 heavy (non-hydrogen) atoms. The lowest BCUT2D eigenvalue weighted by Gasteiger charge is -2.11. The van der Waals surface area contributed by atoms with Crippen molar-refractivity contribution in [2.45, 2.75) is 0 Å². The van der Waals surface area contributed by atoms with E-state index < -0.39 is 11.9 Å². The van der Waals surface area contributed by atoms with Crippen LogP contribution in [0, 0.1) is 19.5 Å². The first-order valence-electron chi connectivity index (χ1n) is 7.58. The van der Waals surface area contributed by atoms with Crippen LogP contribution < -0.4 is 15.0 Å². The second-order valence-corrected chi connectivity index (χ2v) is 8.17. The molecule has 1 saturated heterocycles. The maximum Gasteiger partial charge on any atom is 0.333 e. The minimum absolute atomic E-state index is 0.178. The zero-order chi connectivity index (χ0) is 19.6. The van der Waals surface area contributed by atoms with Crippen LogP contribution in [0.3, 0.4) is 0 Å². The summed E-state index contributed by atoms with van der Waals surface area (Å²) in [5.74, 6) is 2.70. The molecule has 8 heteroatoms. The number of halogens is 3. The van der Waals surface area contributed by atoms with E-state index in [1.54, 1.807) is 30.3 Å². The van der Waals surface area contributed by atoms with E-state index in [9.17, 15) is 9.59 Å². The van der Waals surface area contributed by atoms with E-state index in [1.165, 1.54) is 0 Å². The molecule has 0 spiro atoms. The van der Waals surface area contributed by atoms with Gasteiger partial charge in [0.15, 0.2) is 0 Å². The molecule has 1 aliphatic rings. The number of nitrogens with zero attached hydrogens (tertiary/aromatic N) is 1. The van der Waals surface area contributed by atoms with Gasteiger partial charge in [0.25, 0.3) is 5.91 Å². The van der Waals surface area contributed by atoms with E-state index in [0.717, 1.165) is 17.6 Å². The van der Waals surface area contributed by atoms with Crippen molar-refractivity contribution in [3.05, 3.63) is 59.8 Å². The normalized spacial score (nSPS) is 15.0. The number of amides is 3. The molecular formula is C19H11ClI2N2O3. The number of anilines is 1. The maximum absolute atomic E-state index is 12.7. The van der Waals surface area contributed by atoms with Gasteiger partial charge in [0.2, 0.25) is 0 Å². The van der Waals surface area contributed by atoms with Crippen LogP contribution in [0.5, 0.6) is 5.75 Å². The van der Waals surface area contributed by atoms with Crippen LogP contribution in [-0.2, 0) is 4.79 Å². The van der Waals surface area contributed by atoms with Gasteiger partial charge < -0.3 is 10.1 Å². The summed E-state index contributed by atoms with van der Waals surface area (Å²) < 4.78 is 7.25. The van der Waals surface area contributed by atoms with Gasteiger partial charge in [-0.05, 0) is 93.2 Å². The first kappa shape index (κ1) is 20.0. The first-order chi connectivity index (χ1) is 12.9. The molecule has 3 amide bonds. The van der Waals surface area contributed by atoms with Gasteiger partial charge in [-0.15, -0.1) is 6.42 Å². The first-order valence-corrected chi connectivity index (χ1v) is 10.1. The molecule has 136 valence electrons. The molecule has 5 nitrogen and oxygen atoms in total. The van der Waals surface area contributed by atoms with Gasteiger partial charge in [-0.3, -0.25) is 4.79 Å². The smallest absolute Gasteiger partial charge is 0.333 e. The Morgan fingerprint density at radius 2 is 1.81 bits per heavy atom. The zero-order valence-corrected chi connectivity index (χ0v) is 18.7. The van der Waals surface area contributed by atoms with Crippen LogP contribution in [-0.4, -0.2) is 18.5 Å². The fourth-order valence-electron chi connectivity index (χ4n) is 2.44. The van der Waals surface area contributed by atoms with Crippen LogP contribution >= 0.6 is 56.8 Å². The highest BCUT2D eigenvalue weighted by molar-refractivity contribution is 14.1. The molecule has 3 rings (SSSR count). The number of ether oxygens (including phenoxy) is 1. The number of nitrogens with one attached hydrogen (secondary N) is 1. The average Bonchev–Trinajstić information content (AvgIpc) is 2.89. The Balaban J connectivity index is 1.90. The van der Waals surface area contributed by atoms with E-state index >= 15 is 0 Å². The number of hydrogen-bond acceptors (Lipinski definition) is 3. The Morgan fingerprint density at radius 1 is 1.19 bits per heavy atom. The van der Waals surface area contributed by atoms with Gasteiger partial charge in [-0.2, -0.15) is 0 Å². The van der Waals surface area contributed by atoms with E-state index in [0.29, 0.717) is 16.5 Å². The summed E-state index contributed by atoms with van der Waals surface area (Å²) in [6.07, 6.45) is 6.86. The summed E-state index contributed by atoms with van der Waals surface area (Å²) in [7, 11) is 0. The Labute approximate surface area is 188 Å². The maximum atomic E-state index is 12.7. The predicted molar refractivity (Wildman–Crippen MR) is 122 cm³/mol. The summed E-state index contributed by atoms with van der Waals surface area (Å²) >= 11 is 10.1. The third kappa shape index (κ3) is 4.39. The molecule has 0 bridgehead atoms. The number of benzene rings is 2. The standard InChI is InChI=1S/C19H11ClI2N2O3/c1-2-7-27-17-14(21)8-11(9-15(17)22)10-16-18(25)24(19(26)23-16)13-5-3-12(20)4-6-13/h1,3-6,8-10H,7H2,(H,23,26)/b16-10+. The highest BCUT2D eigenvalue weighted by Crippen LogP contribution is 2.30. The summed E-state index contributed by atoms with van der Waals surface area (Å²) in [4.78, 5) is 26.0. The van der Waals surface area contributed by atoms with Crippen molar-refractivity contribution in [1.29, 1.82) is 0 Å². The molecule has 1 fully saturated rings. The number of terminal acetylenes is 1. The fourth-order valence-corrected chi connectivity index (χ4v) is 4.69. The molecule has 1 N–H and O–H groups in total. The Kier molecular flexibility index (Phi) is 6.29. The van der Waals surface area contributed by atoms with E-state index in [-0.39, 0.29) is 12.3 Å². The number of rotatable bonds is 4. The molecule has 1 aliphatic heterocycles. The van der Waals surface area contributed by atoms with E-state index in [1.807, 2.05) is 12.1 Å². The van der Waals surface area contributed by atoms with Crippen molar-refractivity contribution in [2.24, 2.45) is 0 Å². The Morgan fingerprint density at radius 3 is 2.41 bits per heavy atom. The minimum atomic E-state index is -0.507. The van der Waals surface area contributed by atoms with Gasteiger partial charge in [-0.1, -0.05) is 17.5 Å². The van der Waals surface area contributed by atoms with Gasteiger partial charge in [0.1, 0.15) is 18.1 Å². The molecule has 0 aliphatic carbocycles. The fraction of sp³-hybridized carbons (Fsp3) is 0.0526. The average molecular weight is 605 g/mol. The number of carbonyl (C=O) groups excluding carboxylic acids is 2. The van der Waals surface area contributed by atoms with Crippen molar-refractivity contribution in [2.75, 3.05) is 11.5 Å². The van der Waals surface area contributed by atoms with Gasteiger partial charge in [-0.25, -0.2) is 9.69 Å². The molecule has 2 aromatic rings. The van der Waals surface area contributed by atoms with Crippen molar-refractivity contribution < 1.29 is 14.3 Å². The Bertz CT molecular complexity index is 974. The molecule has 0 atom stereocenters. The Hall–Kier alpha value is -1.77. The summed E-state index contributed by atoms with van der Waals surface area (Å²) in [5, 5.41) is 3.13. The lowest BCUT2D eigenvalue weighted by Crippen LogP contribution is -2.30. The monoisotopic (exact) mass is 604 g/mol. The zero-order valence-electron chi connectivity index (χ0n) is 13.6. The van der Waals surface area contributed by atoms with Crippen LogP contribution in [0.4, 0.5) is 10.5 Å². The van der Waals surface area contributed by atoms with Crippen LogP contribution in [0.25, 0.3) is 6.08 Å². The molecule has 1 heterocycles. The molecule has 2 aromatic carbocycles. The van der Waals surface area contributed by atoms with Gasteiger partial charge in [0.05, 0.1) is 12.8 Å². The summed E-state index contributed by atoms with van der Waals surface area (Å²) in [6.45, 7) is 0.178. The van der Waals surface area contributed by atoms with E-state index in [4.69, 9.17) is 22.8 Å². The second-order valence-electron chi connectivity index (χ2n) is 5.41. The van der Waals surface area contributed by atoms with Crippen LogP contribution in [0.15, 0.2) is 42.1 Å². The van der Waals surface area contributed by atoms with Gasteiger partial charge >= 0.3 is 6.03 Å². The quantitative estimate of drug-likeness (QED) is 0.239. The number of hydrogen-bond donors (Lipinski definition) is 1. The molecule has 0 unspecified atom stereocenters. The third-order valence-corrected chi connectivity index (χ3v) is 5.45. The van der Waals surface area contributed by atoms with Crippen LogP contribution in [0.1, 0.15) is 5.56 Å². The number of imide groups is 1. The number of carbonyl (C=O) groups is 2. The molecule has 0 saturated carbocycles. The summed E-state index contributed by atoms with van der Waals surface area (Å²) in [5.41, 5.74) is 1.41. The minimum Gasteiger partial charge on any atom is -0.479 e. The van der Waals surface area contributed by atoms with E-state index in [2.05, 4.69) is 56.4 Å². The molecular weight excluding hydrogens is 593 g/mol. The number of urea groups is 1. The lowest BCUT2D eigenvalue weighted by atomic mass is 10.2. The van der Waals surface area contributed by atoms with Crippen molar-refractivity contribution >= 4 is 80.5 Å². The predicted octanol–water partition coefficient (Wildman–Crippen LogP) is 4.66. The largest absolute Gasteiger partial charge is 0.479 e. The van der Waals surface area contributed by atoms with Crippen molar-refractivity contribution in [3.63, 3.8) is 0 Å². The SMILES string of the molecule is C#CCOc1c(I)cc(/C=C2/NC(=O)N(c3ccc(Cl)cc3)C2=O)cc1I. The topological polar surface area (TPSA) is 58.6 Å². The highest BCUT2D eigenvalue weighted by atomic mass is 127. The molecule has 0 radical (unpaired) electrons.